The zero-order valence-corrected chi connectivity index (χ0v) is 6.75. The molecule has 1 aromatic heterocycles. The van der Waals surface area contributed by atoms with Crippen molar-refractivity contribution in [2.45, 2.75) is 12.5 Å². The first-order valence-electron chi connectivity index (χ1n) is 3.60. The largest absolute Gasteiger partial charge is 0.711 e. The van der Waals surface area contributed by atoms with Gasteiger partial charge in [-0.25, -0.2) is 4.73 Å². The third kappa shape index (κ3) is 2.68. The topological polar surface area (TPSA) is 103 Å². The highest BCUT2D eigenvalue weighted by Crippen LogP contribution is 1.96. The number of carboxylic acids is 1. The zero-order valence-electron chi connectivity index (χ0n) is 6.75. The summed E-state index contributed by atoms with van der Waals surface area (Å²) in [6.07, 6.45) is 3.84. The van der Waals surface area contributed by atoms with Crippen LogP contribution in [0.15, 0.2) is 18.7 Å². The van der Waals surface area contributed by atoms with Gasteiger partial charge < -0.3 is 16.0 Å². The molecule has 13 heavy (non-hydrogen) atoms. The average Bonchev–Trinajstić information content (AvgIpc) is 2.04. The molecular weight excluding hydrogens is 174 g/mol. The van der Waals surface area contributed by atoms with Crippen LogP contribution in [0.5, 0.6) is 0 Å². The van der Waals surface area contributed by atoms with E-state index in [2.05, 4.69) is 4.98 Å². The van der Waals surface area contributed by atoms with Crippen LogP contribution in [0, 0.1) is 5.21 Å². The first kappa shape index (κ1) is 9.40. The Morgan fingerprint density at radius 2 is 2.54 bits per heavy atom. The molecule has 70 valence electrons. The summed E-state index contributed by atoms with van der Waals surface area (Å²) in [4.78, 5) is 14.0. The van der Waals surface area contributed by atoms with Crippen molar-refractivity contribution >= 4 is 5.97 Å². The molecular formula is C7H9N3O3. The second-order valence-electron chi connectivity index (χ2n) is 2.61. The number of nitrogens with zero attached hydrogens (tertiary/aromatic N) is 2. The summed E-state index contributed by atoms with van der Waals surface area (Å²) in [5.41, 5.74) is 5.77. The summed E-state index contributed by atoms with van der Waals surface area (Å²) in [6.45, 7) is 0. The molecule has 0 saturated heterocycles. The molecule has 0 aliphatic rings. The van der Waals surface area contributed by atoms with Gasteiger partial charge >= 0.3 is 5.97 Å². The number of aliphatic carboxylic acids is 1. The minimum atomic E-state index is -1.10. The summed E-state index contributed by atoms with van der Waals surface area (Å²) >= 11 is 0. The molecule has 3 N–H and O–H groups in total. The maximum atomic E-state index is 10.7. The molecule has 1 rings (SSSR count). The van der Waals surface area contributed by atoms with Gasteiger partial charge in [0.05, 0.1) is 0 Å². The molecule has 0 saturated carbocycles. The fraction of sp³-hybridized carbons (Fsp3) is 0.286. The minimum absolute atomic E-state index is 0.103. The summed E-state index contributed by atoms with van der Waals surface area (Å²) in [5, 5.41) is 19.2. The number of hydrogen-bond acceptors (Lipinski definition) is 4. The van der Waals surface area contributed by atoms with Crippen LogP contribution in [0.2, 0.25) is 0 Å². The molecule has 0 amide bonds. The SMILES string of the molecule is NC(Cc1cnc[n+]([O-])c1)C(=O)O. The van der Waals surface area contributed by atoms with Gasteiger partial charge in [-0.15, -0.1) is 0 Å². The van der Waals surface area contributed by atoms with E-state index in [-0.39, 0.29) is 6.42 Å². The van der Waals surface area contributed by atoms with E-state index in [1.54, 1.807) is 0 Å². The summed E-state index contributed by atoms with van der Waals surface area (Å²) < 4.78 is 0.504. The van der Waals surface area contributed by atoms with Crippen LogP contribution in [0.1, 0.15) is 5.56 Å². The number of rotatable bonds is 3. The molecule has 1 unspecified atom stereocenters. The predicted molar refractivity (Wildman–Crippen MR) is 42.5 cm³/mol. The van der Waals surface area contributed by atoms with E-state index in [4.69, 9.17) is 10.8 Å². The summed E-state index contributed by atoms with van der Waals surface area (Å²) in [5.74, 6) is -1.10. The van der Waals surface area contributed by atoms with Gasteiger partial charge in [0.15, 0.2) is 0 Å². The Kier molecular flexibility index (Phi) is 2.76. The van der Waals surface area contributed by atoms with E-state index in [0.717, 1.165) is 6.33 Å². The zero-order chi connectivity index (χ0) is 9.84. The van der Waals surface area contributed by atoms with Gasteiger partial charge in [-0.2, -0.15) is 0 Å². The van der Waals surface area contributed by atoms with Gasteiger partial charge in [-0.1, -0.05) is 4.98 Å². The van der Waals surface area contributed by atoms with Crippen LogP contribution >= 0.6 is 0 Å². The van der Waals surface area contributed by atoms with Crippen molar-refractivity contribution in [3.05, 3.63) is 29.5 Å². The molecule has 1 heterocycles. The van der Waals surface area contributed by atoms with Gasteiger partial charge in [0.1, 0.15) is 18.4 Å². The Hall–Kier alpha value is -1.69. The maximum absolute atomic E-state index is 10.7. The molecule has 0 bridgehead atoms. The number of aromatic nitrogens is 2. The molecule has 0 aromatic carbocycles. The van der Waals surface area contributed by atoms with E-state index in [9.17, 15) is 10.0 Å². The Balaban J connectivity index is 2.69. The van der Waals surface area contributed by atoms with Crippen molar-refractivity contribution < 1.29 is 14.6 Å². The molecule has 1 atom stereocenters. The summed E-state index contributed by atoms with van der Waals surface area (Å²) in [6, 6.07) is -0.996. The predicted octanol–water partition coefficient (Wildman–Crippen LogP) is -1.33. The van der Waals surface area contributed by atoms with Gasteiger partial charge in [0.25, 0.3) is 6.33 Å². The van der Waals surface area contributed by atoms with Gasteiger partial charge in [0, 0.05) is 12.0 Å². The van der Waals surface area contributed by atoms with Crippen LogP contribution < -0.4 is 10.5 Å². The quantitative estimate of drug-likeness (QED) is 0.446. The van der Waals surface area contributed by atoms with Crippen LogP contribution in [-0.2, 0) is 11.2 Å². The fourth-order valence-corrected chi connectivity index (χ4v) is 0.872. The van der Waals surface area contributed by atoms with E-state index < -0.39 is 12.0 Å². The Labute approximate surface area is 74.2 Å². The Morgan fingerprint density at radius 1 is 1.85 bits per heavy atom. The van der Waals surface area contributed by atoms with E-state index in [0.29, 0.717) is 10.3 Å². The second kappa shape index (κ2) is 3.81. The second-order valence-corrected chi connectivity index (χ2v) is 2.61. The lowest BCUT2D eigenvalue weighted by molar-refractivity contribution is -0.609. The van der Waals surface area contributed by atoms with Crippen molar-refractivity contribution in [1.82, 2.24) is 4.98 Å². The maximum Gasteiger partial charge on any atom is 0.320 e. The van der Waals surface area contributed by atoms with E-state index >= 15 is 0 Å². The summed E-state index contributed by atoms with van der Waals surface area (Å²) in [7, 11) is 0. The molecule has 0 fully saturated rings. The Bertz CT molecular complexity index is 316. The van der Waals surface area contributed by atoms with Crippen molar-refractivity contribution in [2.75, 3.05) is 0 Å². The number of hydrogen-bond donors (Lipinski definition) is 2. The van der Waals surface area contributed by atoms with Gasteiger partial charge in [-0.05, 0) is 0 Å². The fourth-order valence-electron chi connectivity index (χ4n) is 0.872. The molecule has 6 heteroatoms. The van der Waals surface area contributed by atoms with Crippen LogP contribution in [0.3, 0.4) is 0 Å². The molecule has 0 radical (unpaired) electrons. The lowest BCUT2D eigenvalue weighted by Gasteiger charge is -2.05. The molecule has 0 aliphatic carbocycles. The number of carbonyl (C=O) groups is 1. The van der Waals surface area contributed by atoms with E-state index in [1.165, 1.54) is 12.4 Å². The van der Waals surface area contributed by atoms with Crippen LogP contribution in [-0.4, -0.2) is 22.1 Å². The molecule has 6 nitrogen and oxygen atoms in total. The normalized spacial score (nSPS) is 12.4. The lowest BCUT2D eigenvalue weighted by Crippen LogP contribution is -2.34. The molecule has 1 aromatic rings. The Morgan fingerprint density at radius 3 is 3.08 bits per heavy atom. The molecule has 0 aliphatic heterocycles. The smallest absolute Gasteiger partial charge is 0.320 e. The first-order chi connectivity index (χ1) is 6.09. The van der Waals surface area contributed by atoms with Gasteiger partial charge in [0.2, 0.25) is 0 Å². The van der Waals surface area contributed by atoms with Crippen LogP contribution in [0.4, 0.5) is 0 Å². The highest BCUT2D eigenvalue weighted by molar-refractivity contribution is 5.73. The number of nitrogens with two attached hydrogens (primary N) is 1. The number of carboxylic acid groups (broad SMARTS) is 1. The highest BCUT2D eigenvalue weighted by Gasteiger charge is 2.13. The van der Waals surface area contributed by atoms with Crippen molar-refractivity contribution in [2.24, 2.45) is 5.73 Å². The third-order valence-corrected chi connectivity index (χ3v) is 1.49. The first-order valence-corrected chi connectivity index (χ1v) is 3.60. The van der Waals surface area contributed by atoms with Crippen LogP contribution in [0.25, 0.3) is 0 Å². The third-order valence-electron chi connectivity index (χ3n) is 1.49. The minimum Gasteiger partial charge on any atom is -0.711 e. The lowest BCUT2D eigenvalue weighted by atomic mass is 10.1. The van der Waals surface area contributed by atoms with Crippen molar-refractivity contribution in [3.8, 4) is 0 Å². The van der Waals surface area contributed by atoms with Crippen molar-refractivity contribution in [3.63, 3.8) is 0 Å². The highest BCUT2D eigenvalue weighted by atomic mass is 16.5. The monoisotopic (exact) mass is 183 g/mol. The van der Waals surface area contributed by atoms with E-state index in [1.807, 2.05) is 0 Å². The molecule has 0 spiro atoms. The van der Waals surface area contributed by atoms with Crippen molar-refractivity contribution in [1.29, 1.82) is 0 Å². The van der Waals surface area contributed by atoms with Gasteiger partial charge in [-0.3, -0.25) is 4.79 Å². The standard InChI is InChI=1S/C7H9N3O3/c8-6(7(11)12)1-5-2-9-4-10(13)3-5/h2-4,6H,1,8H2,(H,11,12). The average molecular weight is 183 g/mol.